The predicted octanol–water partition coefficient (Wildman–Crippen LogP) is 3.45. The van der Waals surface area contributed by atoms with Gasteiger partial charge in [0.2, 0.25) is 0 Å². The van der Waals surface area contributed by atoms with E-state index in [-0.39, 0.29) is 5.97 Å². The fourth-order valence-electron chi connectivity index (χ4n) is 3.78. The topological polar surface area (TPSA) is 73.8 Å². The minimum atomic E-state index is -0.488. The molecular formula is C22H29N3O4. The van der Waals surface area contributed by atoms with Gasteiger partial charge in [-0.15, -0.1) is 0 Å². The van der Waals surface area contributed by atoms with Crippen molar-refractivity contribution in [1.82, 2.24) is 14.9 Å². The van der Waals surface area contributed by atoms with Crippen LogP contribution in [0, 0.1) is 5.41 Å². The molecule has 7 heteroatoms. The first-order valence-corrected chi connectivity index (χ1v) is 10.1. The van der Waals surface area contributed by atoms with Gasteiger partial charge >= 0.3 is 12.0 Å². The molecule has 0 aliphatic carbocycles. The van der Waals surface area contributed by atoms with Crippen molar-refractivity contribution in [1.29, 1.82) is 0 Å². The number of carbonyl (C=O) groups excluding carboxylic acids is 1. The molecule has 3 rings (SSSR count). The Morgan fingerprint density at radius 1 is 1.21 bits per heavy atom. The lowest BCUT2D eigenvalue weighted by Crippen LogP contribution is -2.48. The largest absolute Gasteiger partial charge is 0.466 e. The summed E-state index contributed by atoms with van der Waals surface area (Å²) >= 11 is 0. The van der Waals surface area contributed by atoms with E-state index in [4.69, 9.17) is 14.2 Å². The van der Waals surface area contributed by atoms with Crippen LogP contribution in [-0.2, 0) is 20.8 Å². The molecule has 7 nitrogen and oxygen atoms in total. The standard InChI is InChI=1S/C22H29N3O4/c1-3-28-20(26)22(11-15-27-2)10-4-14-25(17-22)16-18-6-8-19(9-7-18)29-21-23-12-5-13-24-21/h5-9,12-13H,3-4,10-11,14-17H2,1-2H3/t22-/m0/s1. The number of likely N-dealkylation sites (tertiary alicyclic amines) is 1. The minimum absolute atomic E-state index is 0.103. The first-order valence-electron chi connectivity index (χ1n) is 10.1. The molecule has 1 saturated heterocycles. The van der Waals surface area contributed by atoms with E-state index in [1.54, 1.807) is 25.6 Å². The van der Waals surface area contributed by atoms with E-state index in [1.807, 2.05) is 31.2 Å². The Bertz CT molecular complexity index is 769. The lowest BCUT2D eigenvalue weighted by molar-refractivity contribution is -0.160. The van der Waals surface area contributed by atoms with Crippen LogP contribution >= 0.6 is 0 Å². The molecule has 0 spiro atoms. The second-order valence-corrected chi connectivity index (χ2v) is 7.34. The molecule has 0 amide bonds. The van der Waals surface area contributed by atoms with Gasteiger partial charge in [0.15, 0.2) is 0 Å². The van der Waals surface area contributed by atoms with Gasteiger partial charge in [0.25, 0.3) is 0 Å². The Morgan fingerprint density at radius 3 is 2.66 bits per heavy atom. The summed E-state index contributed by atoms with van der Waals surface area (Å²) in [4.78, 5) is 23.2. The van der Waals surface area contributed by atoms with E-state index < -0.39 is 5.41 Å². The fourth-order valence-corrected chi connectivity index (χ4v) is 3.78. The molecule has 0 unspecified atom stereocenters. The summed E-state index contributed by atoms with van der Waals surface area (Å²) in [7, 11) is 1.67. The van der Waals surface area contributed by atoms with Gasteiger partial charge in [0.1, 0.15) is 5.75 Å². The highest BCUT2D eigenvalue weighted by Crippen LogP contribution is 2.36. The monoisotopic (exact) mass is 399 g/mol. The number of methoxy groups -OCH3 is 1. The molecule has 0 saturated carbocycles. The first-order chi connectivity index (χ1) is 14.1. The zero-order valence-electron chi connectivity index (χ0n) is 17.2. The molecule has 1 fully saturated rings. The van der Waals surface area contributed by atoms with Gasteiger partial charge in [-0.3, -0.25) is 9.69 Å². The summed E-state index contributed by atoms with van der Waals surface area (Å²) in [6, 6.07) is 9.98. The highest BCUT2D eigenvalue weighted by molar-refractivity contribution is 5.77. The van der Waals surface area contributed by atoms with E-state index in [2.05, 4.69) is 14.9 Å². The number of hydrogen-bond acceptors (Lipinski definition) is 7. The second kappa shape index (κ2) is 10.3. The molecule has 0 radical (unpaired) electrons. The lowest BCUT2D eigenvalue weighted by Gasteiger charge is -2.41. The van der Waals surface area contributed by atoms with Crippen molar-refractivity contribution in [3.8, 4) is 11.8 Å². The molecule has 1 aliphatic heterocycles. The molecule has 29 heavy (non-hydrogen) atoms. The number of nitrogens with zero attached hydrogens (tertiary/aromatic N) is 3. The zero-order valence-corrected chi connectivity index (χ0v) is 17.2. The number of benzene rings is 1. The van der Waals surface area contributed by atoms with Gasteiger partial charge in [-0.2, -0.15) is 0 Å². The SMILES string of the molecule is CCOC(=O)[C@]1(CCOC)CCCN(Cc2ccc(Oc3ncccn3)cc2)C1. The third-order valence-corrected chi connectivity index (χ3v) is 5.23. The van der Waals surface area contributed by atoms with Crippen LogP contribution in [0.3, 0.4) is 0 Å². The van der Waals surface area contributed by atoms with Crippen LogP contribution in [0.5, 0.6) is 11.8 Å². The number of hydrogen-bond donors (Lipinski definition) is 0. The molecule has 1 aliphatic rings. The van der Waals surface area contributed by atoms with Crippen molar-refractivity contribution < 1.29 is 19.0 Å². The van der Waals surface area contributed by atoms with E-state index >= 15 is 0 Å². The third-order valence-electron chi connectivity index (χ3n) is 5.23. The minimum Gasteiger partial charge on any atom is -0.466 e. The predicted molar refractivity (Wildman–Crippen MR) is 109 cm³/mol. The number of rotatable bonds is 9. The molecule has 1 aromatic carbocycles. The van der Waals surface area contributed by atoms with E-state index in [0.29, 0.717) is 37.9 Å². The van der Waals surface area contributed by atoms with Crippen LogP contribution in [0.1, 0.15) is 31.7 Å². The third kappa shape index (κ3) is 5.74. The number of carbonyl (C=O) groups is 1. The van der Waals surface area contributed by atoms with Crippen LogP contribution in [0.2, 0.25) is 0 Å². The van der Waals surface area contributed by atoms with Crippen molar-refractivity contribution in [2.45, 2.75) is 32.7 Å². The summed E-state index contributed by atoms with van der Waals surface area (Å²) in [6.07, 6.45) is 5.78. The van der Waals surface area contributed by atoms with E-state index in [1.165, 1.54) is 0 Å². The van der Waals surface area contributed by atoms with Gasteiger partial charge in [-0.05, 0) is 56.5 Å². The summed E-state index contributed by atoms with van der Waals surface area (Å²) in [5.74, 6) is 0.591. The normalized spacial score (nSPS) is 19.7. The molecule has 156 valence electrons. The maximum Gasteiger partial charge on any atom is 0.321 e. The summed E-state index contributed by atoms with van der Waals surface area (Å²) in [5.41, 5.74) is 0.676. The van der Waals surface area contributed by atoms with Crippen molar-refractivity contribution in [3.05, 3.63) is 48.3 Å². The Labute approximate surface area is 172 Å². The van der Waals surface area contributed by atoms with Gasteiger partial charge in [0, 0.05) is 39.2 Å². The number of aromatic nitrogens is 2. The average Bonchev–Trinajstić information content (AvgIpc) is 2.75. The maximum absolute atomic E-state index is 12.7. The van der Waals surface area contributed by atoms with Crippen molar-refractivity contribution in [2.24, 2.45) is 5.41 Å². The van der Waals surface area contributed by atoms with Crippen LogP contribution in [0.25, 0.3) is 0 Å². The van der Waals surface area contributed by atoms with Crippen molar-refractivity contribution in [2.75, 3.05) is 33.4 Å². The molecule has 0 bridgehead atoms. The van der Waals surface area contributed by atoms with Crippen molar-refractivity contribution >= 4 is 5.97 Å². The molecule has 1 aromatic heterocycles. The quantitative estimate of drug-likeness (QED) is 0.598. The second-order valence-electron chi connectivity index (χ2n) is 7.34. The van der Waals surface area contributed by atoms with Crippen LogP contribution in [0.15, 0.2) is 42.7 Å². The number of piperidine rings is 1. The lowest BCUT2D eigenvalue weighted by atomic mass is 9.77. The van der Waals surface area contributed by atoms with E-state index in [9.17, 15) is 4.79 Å². The molecule has 2 aromatic rings. The fraction of sp³-hybridized carbons (Fsp3) is 0.500. The van der Waals surface area contributed by atoms with Gasteiger partial charge in [-0.25, -0.2) is 9.97 Å². The zero-order chi connectivity index (χ0) is 20.5. The average molecular weight is 399 g/mol. The van der Waals surface area contributed by atoms with Gasteiger partial charge in [0.05, 0.1) is 12.0 Å². The van der Waals surface area contributed by atoms with E-state index in [0.717, 1.165) is 31.5 Å². The Hall–Kier alpha value is -2.51. The molecule has 2 heterocycles. The summed E-state index contributed by atoms with van der Waals surface area (Å²) in [6.45, 7) is 5.23. The van der Waals surface area contributed by atoms with Crippen LogP contribution < -0.4 is 4.74 Å². The van der Waals surface area contributed by atoms with Gasteiger partial charge < -0.3 is 14.2 Å². The van der Waals surface area contributed by atoms with Crippen molar-refractivity contribution in [3.63, 3.8) is 0 Å². The highest BCUT2D eigenvalue weighted by atomic mass is 16.5. The van der Waals surface area contributed by atoms with Crippen LogP contribution in [-0.4, -0.2) is 54.3 Å². The number of ether oxygens (including phenoxy) is 3. The first kappa shape index (κ1) is 21.2. The number of esters is 1. The molecule has 1 atom stereocenters. The highest BCUT2D eigenvalue weighted by Gasteiger charge is 2.43. The molecular weight excluding hydrogens is 370 g/mol. The van der Waals surface area contributed by atoms with Crippen LogP contribution in [0.4, 0.5) is 0 Å². The van der Waals surface area contributed by atoms with Gasteiger partial charge in [-0.1, -0.05) is 12.1 Å². The Balaban J connectivity index is 1.63. The maximum atomic E-state index is 12.7. The summed E-state index contributed by atoms with van der Waals surface area (Å²) in [5, 5.41) is 0. The Morgan fingerprint density at radius 2 is 1.97 bits per heavy atom. The smallest absolute Gasteiger partial charge is 0.321 e. The summed E-state index contributed by atoms with van der Waals surface area (Å²) < 4.78 is 16.3. The molecule has 0 N–H and O–H groups in total. The Kier molecular flexibility index (Phi) is 7.55.